The lowest BCUT2D eigenvalue weighted by Crippen LogP contribution is -2.24. The van der Waals surface area contributed by atoms with Gasteiger partial charge in [0.25, 0.3) is 0 Å². The zero-order valence-electron chi connectivity index (χ0n) is 15.1. The van der Waals surface area contributed by atoms with Crippen LogP contribution in [0.2, 0.25) is 0 Å². The van der Waals surface area contributed by atoms with Crippen molar-refractivity contribution in [1.29, 1.82) is 10.0 Å². The molecular weight excluding hydrogens is 376 g/mol. The molecule has 1 aromatic carbocycles. The average molecular weight is 394 g/mol. The fraction of sp³-hybridized carbons (Fsp3) is 0.211. The zero-order valence-corrected chi connectivity index (χ0v) is 15.9. The van der Waals surface area contributed by atoms with Gasteiger partial charge in [-0.05, 0) is 43.2 Å². The van der Waals surface area contributed by atoms with Gasteiger partial charge in [0.05, 0.1) is 23.3 Å². The van der Waals surface area contributed by atoms with Crippen LogP contribution in [0.3, 0.4) is 0 Å². The third-order valence-corrected chi connectivity index (χ3v) is 6.03. The van der Waals surface area contributed by atoms with Gasteiger partial charge in [-0.15, -0.1) is 0 Å². The van der Waals surface area contributed by atoms with Crippen molar-refractivity contribution in [2.45, 2.75) is 23.8 Å². The summed E-state index contributed by atoms with van der Waals surface area (Å²) in [5, 5.41) is 13.4. The summed E-state index contributed by atoms with van der Waals surface area (Å²) in [7, 11) is -1.49. The molecule has 1 unspecified atom stereocenters. The van der Waals surface area contributed by atoms with Gasteiger partial charge in [-0.3, -0.25) is 0 Å². The van der Waals surface area contributed by atoms with Gasteiger partial charge in [-0.2, -0.15) is 5.26 Å². The number of rotatable bonds is 6. The van der Waals surface area contributed by atoms with E-state index in [-0.39, 0.29) is 6.04 Å². The highest BCUT2D eigenvalue weighted by molar-refractivity contribution is 7.90. The fourth-order valence-electron chi connectivity index (χ4n) is 2.85. The Morgan fingerprint density at radius 3 is 2.64 bits per heavy atom. The summed E-state index contributed by atoms with van der Waals surface area (Å²) in [6.07, 6.45) is 4.98. The van der Waals surface area contributed by atoms with E-state index in [1.54, 1.807) is 36.5 Å². The molecule has 28 heavy (non-hydrogen) atoms. The van der Waals surface area contributed by atoms with Crippen molar-refractivity contribution in [3.63, 3.8) is 0 Å². The van der Waals surface area contributed by atoms with Crippen LogP contribution in [0.15, 0.2) is 47.6 Å². The molecule has 1 aliphatic rings. The molecule has 8 nitrogen and oxygen atoms in total. The molecule has 142 valence electrons. The Kier molecular flexibility index (Phi) is 4.58. The van der Waals surface area contributed by atoms with Gasteiger partial charge in [0.1, 0.15) is 21.5 Å². The number of aromatic nitrogens is 2. The van der Waals surface area contributed by atoms with Gasteiger partial charge < -0.3 is 10.1 Å². The van der Waals surface area contributed by atoms with E-state index in [4.69, 9.17) is 9.52 Å². The van der Waals surface area contributed by atoms with Gasteiger partial charge in [-0.1, -0.05) is 0 Å². The van der Waals surface area contributed by atoms with Gasteiger partial charge in [0, 0.05) is 29.5 Å². The Morgan fingerprint density at radius 2 is 2.00 bits per heavy atom. The van der Waals surface area contributed by atoms with E-state index in [0.29, 0.717) is 38.6 Å². The number of fused-ring (bicyclic) bond motifs is 1. The highest BCUT2D eigenvalue weighted by Crippen LogP contribution is 2.32. The standard InChI is InChI=1S/C19H18N6O2S/c1-27-19-18-16(8-9-22-19)17(12(10-20)11-23-18)24-13-4-6-15(7-5-13)28(21,26)25-14-2-3-14/h4-9,11,14H,2-3H2,1H3,(H,23,24)(H2,21,25,26). The first-order valence-corrected chi connectivity index (χ1v) is 10.2. The molecule has 3 N–H and O–H groups in total. The number of pyridine rings is 2. The normalized spacial score (nSPS) is 15.6. The lowest BCUT2D eigenvalue weighted by atomic mass is 10.1. The summed E-state index contributed by atoms with van der Waals surface area (Å²) in [5.74, 6) is 0.375. The van der Waals surface area contributed by atoms with E-state index in [1.807, 2.05) is 0 Å². The van der Waals surface area contributed by atoms with Crippen LogP contribution >= 0.6 is 0 Å². The van der Waals surface area contributed by atoms with Crippen molar-refractivity contribution in [3.8, 4) is 11.9 Å². The number of benzene rings is 1. The van der Waals surface area contributed by atoms with Crippen molar-refractivity contribution in [1.82, 2.24) is 14.7 Å². The zero-order chi connectivity index (χ0) is 19.7. The van der Waals surface area contributed by atoms with E-state index in [0.717, 1.165) is 12.8 Å². The van der Waals surface area contributed by atoms with Crippen LogP contribution in [0, 0.1) is 16.1 Å². The molecule has 0 aliphatic heterocycles. The third-order valence-electron chi connectivity index (χ3n) is 4.43. The van der Waals surface area contributed by atoms with E-state index in [1.165, 1.54) is 13.3 Å². The number of nitriles is 1. The number of ether oxygens (including phenoxy) is 1. The first-order chi connectivity index (χ1) is 13.5. The molecule has 0 amide bonds. The van der Waals surface area contributed by atoms with Gasteiger partial charge in [-0.25, -0.2) is 23.7 Å². The van der Waals surface area contributed by atoms with Crippen LogP contribution in [-0.4, -0.2) is 27.3 Å². The molecule has 2 heterocycles. The van der Waals surface area contributed by atoms with E-state index >= 15 is 0 Å². The van der Waals surface area contributed by atoms with Crippen molar-refractivity contribution in [3.05, 3.63) is 48.3 Å². The summed E-state index contributed by atoms with van der Waals surface area (Å²) < 4.78 is 28.7. The Labute approximate surface area is 162 Å². The van der Waals surface area contributed by atoms with Crippen molar-refractivity contribution in [2.24, 2.45) is 0 Å². The Morgan fingerprint density at radius 1 is 1.25 bits per heavy atom. The maximum absolute atomic E-state index is 12.5. The molecule has 1 atom stereocenters. The Hall–Kier alpha value is -3.22. The smallest absolute Gasteiger partial charge is 0.240 e. The first-order valence-electron chi connectivity index (χ1n) is 8.67. The average Bonchev–Trinajstić information content (AvgIpc) is 3.51. The number of anilines is 2. The quantitative estimate of drug-likeness (QED) is 0.589. The van der Waals surface area contributed by atoms with Crippen LogP contribution in [-0.2, 0) is 9.92 Å². The largest absolute Gasteiger partial charge is 0.479 e. The van der Waals surface area contributed by atoms with Crippen molar-refractivity contribution >= 4 is 32.2 Å². The van der Waals surface area contributed by atoms with Crippen LogP contribution < -0.4 is 14.8 Å². The number of methoxy groups -OCH3 is 1. The number of hydrogen-bond acceptors (Lipinski definition) is 7. The maximum Gasteiger partial charge on any atom is 0.240 e. The van der Waals surface area contributed by atoms with Gasteiger partial charge in [0.2, 0.25) is 5.88 Å². The summed E-state index contributed by atoms with van der Waals surface area (Å²) in [6.45, 7) is 0. The van der Waals surface area contributed by atoms with Crippen molar-refractivity contribution in [2.75, 3.05) is 12.4 Å². The Balaban J connectivity index is 1.69. The van der Waals surface area contributed by atoms with Crippen LogP contribution in [0.25, 0.3) is 10.9 Å². The predicted molar refractivity (Wildman–Crippen MR) is 106 cm³/mol. The highest BCUT2D eigenvalue weighted by Gasteiger charge is 2.26. The molecule has 2 aromatic heterocycles. The number of nitrogens with zero attached hydrogens (tertiary/aromatic N) is 3. The fourth-order valence-corrected chi connectivity index (χ4v) is 4.21. The summed E-state index contributed by atoms with van der Waals surface area (Å²) in [6, 6.07) is 10.9. The SMILES string of the molecule is COc1nccc2c(Nc3ccc(S(=N)(=O)NC4CC4)cc3)c(C#N)cnc12. The molecule has 3 aromatic rings. The van der Waals surface area contributed by atoms with Crippen LogP contribution in [0.1, 0.15) is 18.4 Å². The van der Waals surface area contributed by atoms with E-state index < -0.39 is 9.92 Å². The van der Waals surface area contributed by atoms with Gasteiger partial charge in [0.15, 0.2) is 0 Å². The first kappa shape index (κ1) is 18.2. The summed E-state index contributed by atoms with van der Waals surface area (Å²) in [4.78, 5) is 8.85. The third kappa shape index (κ3) is 3.47. The van der Waals surface area contributed by atoms with E-state index in [2.05, 4.69) is 26.1 Å². The molecule has 1 aliphatic carbocycles. The summed E-state index contributed by atoms with van der Waals surface area (Å²) in [5.41, 5.74) is 2.21. The van der Waals surface area contributed by atoms with Crippen LogP contribution in [0.5, 0.6) is 5.88 Å². The minimum Gasteiger partial charge on any atom is -0.479 e. The topological polar surface area (TPSA) is 124 Å². The molecule has 0 radical (unpaired) electrons. The summed E-state index contributed by atoms with van der Waals surface area (Å²) >= 11 is 0. The predicted octanol–water partition coefficient (Wildman–Crippen LogP) is 3.33. The molecule has 0 saturated heterocycles. The van der Waals surface area contributed by atoms with E-state index in [9.17, 15) is 9.47 Å². The molecule has 4 rings (SSSR count). The minimum atomic E-state index is -3.01. The number of hydrogen-bond donors (Lipinski definition) is 3. The molecule has 0 bridgehead atoms. The second-order valence-electron chi connectivity index (χ2n) is 6.47. The molecule has 1 fully saturated rings. The monoisotopic (exact) mass is 394 g/mol. The lowest BCUT2D eigenvalue weighted by molar-refractivity contribution is 0.402. The van der Waals surface area contributed by atoms with Crippen molar-refractivity contribution < 1.29 is 8.95 Å². The molecule has 9 heteroatoms. The highest BCUT2D eigenvalue weighted by atomic mass is 32.2. The number of nitrogens with one attached hydrogen (secondary N) is 3. The molecular formula is C19H18N6O2S. The molecule has 1 saturated carbocycles. The van der Waals surface area contributed by atoms with Gasteiger partial charge >= 0.3 is 0 Å². The second kappa shape index (κ2) is 7.07. The second-order valence-corrected chi connectivity index (χ2v) is 8.29. The lowest BCUT2D eigenvalue weighted by Gasteiger charge is -2.13. The van der Waals surface area contributed by atoms with Crippen LogP contribution in [0.4, 0.5) is 11.4 Å². The minimum absolute atomic E-state index is 0.174. The maximum atomic E-state index is 12.5. The Bertz CT molecular complexity index is 1180. The molecule has 0 spiro atoms.